The van der Waals surface area contributed by atoms with Crippen LogP contribution < -0.4 is 0 Å². The Morgan fingerprint density at radius 2 is 1.92 bits per heavy atom. The van der Waals surface area contributed by atoms with E-state index < -0.39 is 0 Å². The topological polar surface area (TPSA) is 20.2 Å². The predicted octanol–water partition coefficient (Wildman–Crippen LogP) is 3.28. The van der Waals surface area contributed by atoms with Gasteiger partial charge >= 0.3 is 0 Å². The van der Waals surface area contributed by atoms with Gasteiger partial charge in [0.15, 0.2) is 0 Å². The molecule has 0 amide bonds. The second-order valence-electron chi connectivity index (χ2n) is 3.25. The lowest BCUT2D eigenvalue weighted by atomic mass is 10.1. The molecule has 0 radical (unpaired) electrons. The van der Waals surface area contributed by atoms with Crippen LogP contribution in [-0.2, 0) is 0 Å². The van der Waals surface area contributed by atoms with Crippen LogP contribution in [0.4, 0.5) is 0 Å². The molecule has 0 saturated carbocycles. The molecule has 0 bridgehead atoms. The van der Waals surface area contributed by atoms with Gasteiger partial charge in [-0.15, -0.1) is 0 Å². The molecule has 12 heavy (non-hydrogen) atoms. The largest absolute Gasteiger partial charge is 0.389 e. The normalized spacial score (nSPS) is 13.9. The molecule has 1 nitrogen and oxygen atoms in total. The van der Waals surface area contributed by atoms with Crippen LogP contribution in [0, 0.1) is 0 Å². The Labute approximate surface area is 76.5 Å². The van der Waals surface area contributed by atoms with E-state index in [1.807, 2.05) is 12.2 Å². The van der Waals surface area contributed by atoms with Crippen molar-refractivity contribution in [3.05, 3.63) is 12.2 Å². The maximum Gasteiger partial charge on any atom is 0.0720 e. The smallest absolute Gasteiger partial charge is 0.0720 e. The maximum atomic E-state index is 9.39. The highest BCUT2D eigenvalue weighted by Crippen LogP contribution is 2.06. The molecule has 0 rings (SSSR count). The number of hydrogen-bond donors (Lipinski definition) is 1. The molecule has 0 aliphatic heterocycles. The second-order valence-corrected chi connectivity index (χ2v) is 3.25. The van der Waals surface area contributed by atoms with Gasteiger partial charge in [0.2, 0.25) is 0 Å². The summed E-state index contributed by atoms with van der Waals surface area (Å²) < 4.78 is 0. The summed E-state index contributed by atoms with van der Waals surface area (Å²) >= 11 is 0. The minimum Gasteiger partial charge on any atom is -0.389 e. The van der Waals surface area contributed by atoms with Crippen molar-refractivity contribution in [1.82, 2.24) is 0 Å². The van der Waals surface area contributed by atoms with E-state index >= 15 is 0 Å². The molecular formula is C11H22O. The third-order valence-electron chi connectivity index (χ3n) is 1.95. The van der Waals surface area contributed by atoms with Crippen LogP contribution in [-0.4, -0.2) is 11.2 Å². The van der Waals surface area contributed by atoms with Gasteiger partial charge in [-0.1, -0.05) is 51.7 Å². The van der Waals surface area contributed by atoms with Gasteiger partial charge in [-0.2, -0.15) is 0 Å². The van der Waals surface area contributed by atoms with Gasteiger partial charge in [-0.25, -0.2) is 0 Å². The highest BCUT2D eigenvalue weighted by Gasteiger charge is 1.96. The zero-order valence-corrected chi connectivity index (χ0v) is 8.42. The van der Waals surface area contributed by atoms with Gasteiger partial charge in [-0.3, -0.25) is 0 Å². The average molecular weight is 170 g/mol. The number of rotatable bonds is 7. The summed E-state index contributed by atoms with van der Waals surface area (Å²) in [6.45, 7) is 4.29. The fourth-order valence-corrected chi connectivity index (χ4v) is 1.17. The number of unbranched alkanes of at least 4 members (excludes halogenated alkanes) is 3. The minimum atomic E-state index is -0.207. The molecular weight excluding hydrogens is 148 g/mol. The Balaban J connectivity index is 3.19. The summed E-state index contributed by atoms with van der Waals surface area (Å²) in [4.78, 5) is 0. The van der Waals surface area contributed by atoms with Crippen LogP contribution in [0.1, 0.15) is 52.4 Å². The highest BCUT2D eigenvalue weighted by molar-refractivity contribution is 4.87. The molecule has 0 aromatic carbocycles. The van der Waals surface area contributed by atoms with Crippen molar-refractivity contribution in [1.29, 1.82) is 0 Å². The van der Waals surface area contributed by atoms with Gasteiger partial charge in [-0.05, 0) is 12.8 Å². The van der Waals surface area contributed by atoms with Crippen molar-refractivity contribution in [2.45, 2.75) is 58.5 Å². The van der Waals surface area contributed by atoms with E-state index in [4.69, 9.17) is 0 Å². The molecule has 1 heteroatoms. The summed E-state index contributed by atoms with van der Waals surface area (Å²) in [5, 5.41) is 9.39. The zero-order chi connectivity index (χ0) is 9.23. The Morgan fingerprint density at radius 1 is 1.17 bits per heavy atom. The van der Waals surface area contributed by atoms with E-state index in [0.29, 0.717) is 0 Å². The SMILES string of the molecule is CC/C=C/C(O)CCCCCC. The first-order valence-electron chi connectivity index (χ1n) is 5.16. The van der Waals surface area contributed by atoms with E-state index in [0.717, 1.165) is 19.3 Å². The van der Waals surface area contributed by atoms with Gasteiger partial charge in [0, 0.05) is 0 Å². The fraction of sp³-hybridized carbons (Fsp3) is 0.818. The predicted molar refractivity (Wildman–Crippen MR) is 54.2 cm³/mol. The van der Waals surface area contributed by atoms with Crippen molar-refractivity contribution >= 4 is 0 Å². The zero-order valence-electron chi connectivity index (χ0n) is 8.42. The van der Waals surface area contributed by atoms with E-state index in [2.05, 4.69) is 13.8 Å². The van der Waals surface area contributed by atoms with Crippen LogP contribution in [0.15, 0.2) is 12.2 Å². The third-order valence-corrected chi connectivity index (χ3v) is 1.95. The third kappa shape index (κ3) is 7.80. The molecule has 1 atom stereocenters. The molecule has 0 saturated heterocycles. The van der Waals surface area contributed by atoms with Crippen molar-refractivity contribution in [3.63, 3.8) is 0 Å². The van der Waals surface area contributed by atoms with E-state index in [9.17, 15) is 5.11 Å². The number of hydrogen-bond acceptors (Lipinski definition) is 1. The molecule has 0 aliphatic carbocycles. The van der Waals surface area contributed by atoms with Crippen molar-refractivity contribution in [2.75, 3.05) is 0 Å². The summed E-state index contributed by atoms with van der Waals surface area (Å²) in [7, 11) is 0. The Bertz CT molecular complexity index is 108. The molecule has 1 unspecified atom stereocenters. The first kappa shape index (κ1) is 11.7. The Kier molecular flexibility index (Phi) is 8.57. The Morgan fingerprint density at radius 3 is 2.50 bits per heavy atom. The van der Waals surface area contributed by atoms with E-state index in [-0.39, 0.29) is 6.10 Å². The standard InChI is InChI=1S/C11H22O/c1-3-5-7-8-10-11(12)9-6-4-2/h6,9,11-12H,3-5,7-8,10H2,1-2H3/b9-6+. The van der Waals surface area contributed by atoms with E-state index in [1.165, 1.54) is 19.3 Å². The quantitative estimate of drug-likeness (QED) is 0.459. The molecule has 0 spiro atoms. The molecule has 72 valence electrons. The Hall–Kier alpha value is -0.300. The number of aliphatic hydroxyl groups is 1. The van der Waals surface area contributed by atoms with Crippen molar-refractivity contribution < 1.29 is 5.11 Å². The van der Waals surface area contributed by atoms with Gasteiger partial charge < -0.3 is 5.11 Å². The maximum absolute atomic E-state index is 9.39. The fourth-order valence-electron chi connectivity index (χ4n) is 1.17. The molecule has 0 fully saturated rings. The monoisotopic (exact) mass is 170 g/mol. The van der Waals surface area contributed by atoms with Crippen LogP contribution in [0.2, 0.25) is 0 Å². The van der Waals surface area contributed by atoms with Crippen LogP contribution in [0.5, 0.6) is 0 Å². The average Bonchev–Trinajstić information content (AvgIpc) is 2.09. The van der Waals surface area contributed by atoms with Gasteiger partial charge in [0.05, 0.1) is 6.10 Å². The first-order chi connectivity index (χ1) is 5.81. The molecule has 0 aromatic rings. The highest BCUT2D eigenvalue weighted by atomic mass is 16.3. The van der Waals surface area contributed by atoms with E-state index in [1.54, 1.807) is 0 Å². The van der Waals surface area contributed by atoms with Gasteiger partial charge in [0.1, 0.15) is 0 Å². The van der Waals surface area contributed by atoms with Crippen LogP contribution in [0.25, 0.3) is 0 Å². The first-order valence-corrected chi connectivity index (χ1v) is 5.16. The number of allylic oxidation sites excluding steroid dienone is 1. The molecule has 1 N–H and O–H groups in total. The summed E-state index contributed by atoms with van der Waals surface area (Å²) in [5.41, 5.74) is 0. The summed E-state index contributed by atoms with van der Waals surface area (Å²) in [6, 6.07) is 0. The molecule has 0 aliphatic rings. The van der Waals surface area contributed by atoms with Crippen LogP contribution in [0.3, 0.4) is 0 Å². The lowest BCUT2D eigenvalue weighted by Gasteiger charge is -2.03. The second kappa shape index (κ2) is 8.79. The summed E-state index contributed by atoms with van der Waals surface area (Å²) in [6.07, 6.45) is 10.7. The van der Waals surface area contributed by atoms with Crippen molar-refractivity contribution in [2.24, 2.45) is 0 Å². The minimum absolute atomic E-state index is 0.207. The number of aliphatic hydroxyl groups excluding tert-OH is 1. The summed E-state index contributed by atoms with van der Waals surface area (Å²) in [5.74, 6) is 0. The molecule has 0 heterocycles. The lowest BCUT2D eigenvalue weighted by Crippen LogP contribution is -2.01. The molecule has 0 aromatic heterocycles. The van der Waals surface area contributed by atoms with Crippen molar-refractivity contribution in [3.8, 4) is 0 Å². The van der Waals surface area contributed by atoms with Crippen LogP contribution >= 0.6 is 0 Å². The lowest BCUT2D eigenvalue weighted by molar-refractivity contribution is 0.208. The van der Waals surface area contributed by atoms with Gasteiger partial charge in [0.25, 0.3) is 0 Å².